The summed E-state index contributed by atoms with van der Waals surface area (Å²) in [6, 6.07) is 18.1. The summed E-state index contributed by atoms with van der Waals surface area (Å²) in [5.74, 6) is -0.598. The lowest BCUT2D eigenvalue weighted by Gasteiger charge is -2.19. The SMILES string of the molecule is CC(=O)N(c1cccc(B(O)O)c1)c1ccc(O[B]Oc2ccc(N(C(C)=O)c3cccc(B(O)O)c3)o2)o1. The van der Waals surface area contributed by atoms with Crippen LogP contribution in [-0.4, -0.2) is 53.8 Å². The number of furan rings is 2. The zero-order chi connectivity index (χ0) is 28.1. The number of carbonyl (C=O) groups is 2. The fourth-order valence-electron chi connectivity index (χ4n) is 3.68. The van der Waals surface area contributed by atoms with Crippen LogP contribution in [0.3, 0.4) is 0 Å². The summed E-state index contributed by atoms with van der Waals surface area (Å²) in [5.41, 5.74) is 1.10. The molecule has 0 aliphatic carbocycles. The van der Waals surface area contributed by atoms with Gasteiger partial charge in [-0.25, -0.2) is 0 Å². The monoisotopic (exact) mass is 531 g/mol. The van der Waals surface area contributed by atoms with E-state index in [-0.39, 0.29) is 34.6 Å². The van der Waals surface area contributed by atoms with Crippen LogP contribution in [0.2, 0.25) is 0 Å². The van der Waals surface area contributed by atoms with Crippen LogP contribution >= 0.6 is 0 Å². The summed E-state index contributed by atoms with van der Waals surface area (Å²) in [5, 5.41) is 37.7. The van der Waals surface area contributed by atoms with Crippen LogP contribution in [-0.2, 0) is 9.59 Å². The van der Waals surface area contributed by atoms with Crippen molar-refractivity contribution in [2.24, 2.45) is 0 Å². The van der Waals surface area contributed by atoms with Crippen LogP contribution in [0.4, 0.5) is 23.1 Å². The second kappa shape index (κ2) is 12.0. The van der Waals surface area contributed by atoms with E-state index in [1.807, 2.05) is 0 Å². The minimum absolute atomic E-state index is 0.0221. The lowest BCUT2D eigenvalue weighted by Crippen LogP contribution is -2.31. The normalized spacial score (nSPS) is 10.5. The lowest BCUT2D eigenvalue weighted by atomic mass is 9.80. The third-order valence-electron chi connectivity index (χ3n) is 5.39. The van der Waals surface area contributed by atoms with Crippen molar-refractivity contribution in [2.45, 2.75) is 13.8 Å². The summed E-state index contributed by atoms with van der Waals surface area (Å²) in [4.78, 5) is 27.0. The molecular formula is C24H22B3N2O10. The van der Waals surface area contributed by atoms with Gasteiger partial charge >= 0.3 is 21.9 Å². The number of hydrogen-bond acceptors (Lipinski definition) is 10. The van der Waals surface area contributed by atoms with Crippen LogP contribution in [0.25, 0.3) is 0 Å². The molecule has 2 amide bonds. The minimum atomic E-state index is -1.70. The molecule has 4 aromatic rings. The first-order valence-corrected chi connectivity index (χ1v) is 11.5. The van der Waals surface area contributed by atoms with Crippen LogP contribution < -0.4 is 30.0 Å². The first-order valence-electron chi connectivity index (χ1n) is 11.5. The average Bonchev–Trinajstić information content (AvgIpc) is 3.54. The third kappa shape index (κ3) is 6.53. The molecule has 2 aromatic carbocycles. The highest BCUT2D eigenvalue weighted by Gasteiger charge is 2.23. The molecule has 0 bridgehead atoms. The first-order chi connectivity index (χ1) is 18.6. The fourth-order valence-corrected chi connectivity index (χ4v) is 3.68. The summed E-state index contributed by atoms with van der Waals surface area (Å²) in [7, 11) is -2.49. The molecule has 0 unspecified atom stereocenters. The van der Waals surface area contributed by atoms with Crippen molar-refractivity contribution >= 4 is 67.8 Å². The Morgan fingerprint density at radius 2 is 1.10 bits per heavy atom. The zero-order valence-electron chi connectivity index (χ0n) is 20.8. The van der Waals surface area contributed by atoms with Crippen LogP contribution in [0.15, 0.2) is 81.6 Å². The Kier molecular flexibility index (Phi) is 8.47. The van der Waals surface area contributed by atoms with Gasteiger partial charge in [0.15, 0.2) is 0 Å². The molecule has 15 heteroatoms. The molecule has 4 N–H and O–H groups in total. The molecule has 0 spiro atoms. The van der Waals surface area contributed by atoms with E-state index in [0.717, 1.165) is 7.69 Å². The van der Waals surface area contributed by atoms with Gasteiger partial charge in [0.25, 0.3) is 11.9 Å². The molecule has 4 rings (SSSR count). The van der Waals surface area contributed by atoms with Gasteiger partial charge in [-0.2, -0.15) is 0 Å². The number of anilines is 4. The molecule has 12 nitrogen and oxygen atoms in total. The zero-order valence-corrected chi connectivity index (χ0v) is 20.8. The van der Waals surface area contributed by atoms with Crippen LogP contribution in [0.1, 0.15) is 13.8 Å². The maximum atomic E-state index is 12.3. The Hall–Kier alpha value is -4.43. The Balaban J connectivity index is 1.42. The van der Waals surface area contributed by atoms with Crippen LogP contribution in [0.5, 0.6) is 11.9 Å². The molecule has 197 valence electrons. The van der Waals surface area contributed by atoms with Crippen molar-refractivity contribution in [2.75, 3.05) is 9.80 Å². The predicted octanol–water partition coefficient (Wildman–Crippen LogP) is 0.593. The van der Waals surface area contributed by atoms with Crippen molar-refractivity contribution in [3.05, 3.63) is 72.8 Å². The molecule has 0 aliphatic rings. The van der Waals surface area contributed by atoms with Gasteiger partial charge in [0.05, 0.1) is 11.4 Å². The quantitative estimate of drug-likeness (QED) is 0.213. The van der Waals surface area contributed by atoms with E-state index >= 15 is 0 Å². The maximum Gasteiger partial charge on any atom is 0.662 e. The van der Waals surface area contributed by atoms with Gasteiger partial charge < -0.3 is 38.2 Å². The Morgan fingerprint density at radius 3 is 1.46 bits per heavy atom. The smallest absolute Gasteiger partial charge is 0.499 e. The van der Waals surface area contributed by atoms with Crippen molar-refractivity contribution in [1.29, 1.82) is 0 Å². The third-order valence-corrected chi connectivity index (χ3v) is 5.39. The fraction of sp³-hybridized carbons (Fsp3) is 0.0833. The van der Waals surface area contributed by atoms with E-state index in [1.165, 1.54) is 72.2 Å². The van der Waals surface area contributed by atoms with Gasteiger partial charge in [-0.3, -0.25) is 19.4 Å². The largest absolute Gasteiger partial charge is 0.662 e. The van der Waals surface area contributed by atoms with Gasteiger partial charge in [0, 0.05) is 38.1 Å². The molecular weight excluding hydrogens is 509 g/mol. The summed E-state index contributed by atoms with van der Waals surface area (Å²) in [6.45, 7) is 2.64. The second-order valence-corrected chi connectivity index (χ2v) is 8.16. The number of hydrogen-bond donors (Lipinski definition) is 4. The highest BCUT2D eigenvalue weighted by molar-refractivity contribution is 6.59. The molecule has 0 saturated heterocycles. The Bertz CT molecular complexity index is 1350. The van der Waals surface area contributed by atoms with E-state index in [4.69, 9.17) is 18.1 Å². The summed E-state index contributed by atoms with van der Waals surface area (Å²) in [6.07, 6.45) is 0. The number of amides is 2. The van der Waals surface area contributed by atoms with E-state index in [1.54, 1.807) is 24.3 Å². The van der Waals surface area contributed by atoms with Crippen LogP contribution in [0, 0.1) is 0 Å². The van der Waals surface area contributed by atoms with E-state index in [0.29, 0.717) is 11.4 Å². The Morgan fingerprint density at radius 1 is 0.692 bits per heavy atom. The minimum Gasteiger partial charge on any atom is -0.499 e. The highest BCUT2D eigenvalue weighted by atomic mass is 16.7. The Labute approximate surface area is 224 Å². The number of carbonyl (C=O) groups excluding carboxylic acids is 2. The predicted molar refractivity (Wildman–Crippen MR) is 143 cm³/mol. The number of nitrogens with zero attached hydrogens (tertiary/aromatic N) is 2. The molecule has 0 aliphatic heterocycles. The lowest BCUT2D eigenvalue weighted by molar-refractivity contribution is -0.116. The summed E-state index contributed by atoms with van der Waals surface area (Å²) < 4.78 is 21.8. The van der Waals surface area contributed by atoms with Gasteiger partial charge in [-0.15, -0.1) is 0 Å². The van der Waals surface area contributed by atoms with Gasteiger partial charge in [-0.1, -0.05) is 24.3 Å². The van der Waals surface area contributed by atoms with E-state index < -0.39 is 26.1 Å². The summed E-state index contributed by atoms with van der Waals surface area (Å²) >= 11 is 0. The topological polar surface area (TPSA) is 166 Å². The van der Waals surface area contributed by atoms with Crippen molar-refractivity contribution in [3.63, 3.8) is 0 Å². The molecule has 0 atom stereocenters. The van der Waals surface area contributed by atoms with Crippen molar-refractivity contribution in [1.82, 2.24) is 0 Å². The standard InChI is InChI=1S/C24H22B3N2O10/c1-15(30)28(19-7-3-5-17(13-19)26(32)33)21-9-11-23(36-21)38-25-39-24-12-10-22(37-24)29(16(2)31)20-8-4-6-18(14-20)27(34)35/h3-14,32-35H,1-2H3. The van der Waals surface area contributed by atoms with E-state index in [2.05, 4.69) is 0 Å². The van der Waals surface area contributed by atoms with Crippen molar-refractivity contribution in [3.8, 4) is 11.9 Å². The van der Waals surface area contributed by atoms with Gasteiger partial charge in [0.1, 0.15) is 0 Å². The second-order valence-electron chi connectivity index (χ2n) is 8.16. The molecule has 2 heterocycles. The van der Waals surface area contributed by atoms with Crippen molar-refractivity contribution < 1.29 is 47.8 Å². The average molecular weight is 531 g/mol. The van der Waals surface area contributed by atoms with Gasteiger partial charge in [-0.05, 0) is 35.2 Å². The molecule has 39 heavy (non-hydrogen) atoms. The molecule has 0 fully saturated rings. The van der Waals surface area contributed by atoms with Gasteiger partial charge in [0.2, 0.25) is 23.6 Å². The highest BCUT2D eigenvalue weighted by Crippen LogP contribution is 2.32. The molecule has 2 aromatic heterocycles. The molecule has 1 radical (unpaired) electrons. The number of benzene rings is 2. The maximum absolute atomic E-state index is 12.3. The first kappa shape index (κ1) is 27.6. The van der Waals surface area contributed by atoms with E-state index in [9.17, 15) is 29.7 Å². The molecule has 0 saturated carbocycles. The number of rotatable bonds is 10.